The summed E-state index contributed by atoms with van der Waals surface area (Å²) in [7, 11) is -2.04. The lowest BCUT2D eigenvalue weighted by atomic mass is 9.97. The van der Waals surface area contributed by atoms with Crippen molar-refractivity contribution in [3.8, 4) is 0 Å². The fraction of sp³-hybridized carbons (Fsp3) is 0.524. The van der Waals surface area contributed by atoms with Gasteiger partial charge in [0.2, 0.25) is 10.0 Å². The Labute approximate surface area is 179 Å². The van der Waals surface area contributed by atoms with Crippen molar-refractivity contribution in [2.45, 2.75) is 17.7 Å². The van der Waals surface area contributed by atoms with E-state index in [0.29, 0.717) is 5.92 Å². The largest absolute Gasteiger partial charge is 0.356 e. The smallest absolute Gasteiger partial charge is 0.241 e. The summed E-state index contributed by atoms with van der Waals surface area (Å²) in [6.45, 7) is 7.16. The fourth-order valence-corrected chi connectivity index (χ4v) is 5.00. The second kappa shape index (κ2) is 9.28. The lowest BCUT2D eigenvalue weighted by molar-refractivity contribution is 0.205. The van der Waals surface area contributed by atoms with Crippen LogP contribution in [0.4, 0.5) is 11.6 Å². The SMILES string of the molecule is CNS(=O)(=O)c1ccc(N2CCCC(CN3CCN(c4ccccn4)CC3)C2)nc1. The predicted molar refractivity (Wildman–Crippen MR) is 118 cm³/mol. The summed E-state index contributed by atoms with van der Waals surface area (Å²) >= 11 is 0. The molecule has 1 N–H and O–H groups in total. The second-order valence-corrected chi connectivity index (χ2v) is 9.88. The van der Waals surface area contributed by atoms with E-state index in [4.69, 9.17) is 0 Å². The van der Waals surface area contributed by atoms with Crippen molar-refractivity contribution < 1.29 is 8.42 Å². The Morgan fingerprint density at radius 3 is 2.47 bits per heavy atom. The quantitative estimate of drug-likeness (QED) is 0.742. The summed E-state index contributed by atoms with van der Waals surface area (Å²) in [5.41, 5.74) is 0. The van der Waals surface area contributed by atoms with Gasteiger partial charge in [-0.1, -0.05) is 6.07 Å². The molecule has 0 amide bonds. The Morgan fingerprint density at radius 2 is 1.80 bits per heavy atom. The third kappa shape index (κ3) is 4.91. The van der Waals surface area contributed by atoms with Crippen molar-refractivity contribution in [1.29, 1.82) is 0 Å². The summed E-state index contributed by atoms with van der Waals surface area (Å²) in [6, 6.07) is 9.53. The Hall–Kier alpha value is -2.23. The number of piperidine rings is 1. The molecule has 2 saturated heterocycles. The van der Waals surface area contributed by atoms with Gasteiger partial charge >= 0.3 is 0 Å². The van der Waals surface area contributed by atoms with Gasteiger partial charge in [0.15, 0.2) is 0 Å². The van der Waals surface area contributed by atoms with Gasteiger partial charge in [-0.05, 0) is 50.1 Å². The molecule has 30 heavy (non-hydrogen) atoms. The minimum absolute atomic E-state index is 0.202. The topological polar surface area (TPSA) is 81.7 Å². The molecule has 1 unspecified atom stereocenters. The molecule has 2 aliphatic rings. The Bertz CT molecular complexity index is 914. The number of hydrogen-bond donors (Lipinski definition) is 1. The van der Waals surface area contributed by atoms with Crippen LogP contribution in [0.25, 0.3) is 0 Å². The molecule has 2 aliphatic heterocycles. The van der Waals surface area contributed by atoms with Gasteiger partial charge in [0, 0.05) is 58.2 Å². The first-order valence-corrected chi connectivity index (χ1v) is 12.1. The average molecular weight is 431 g/mol. The van der Waals surface area contributed by atoms with Crippen molar-refractivity contribution in [2.75, 3.05) is 62.7 Å². The standard InChI is InChI=1S/C21H30N6O2S/c1-22-30(28,29)19-7-8-21(24-15-19)27-10-4-5-18(17-27)16-25-11-13-26(14-12-25)20-6-2-3-9-23-20/h2-3,6-9,15,18,22H,4-5,10-14,16-17H2,1H3. The van der Waals surface area contributed by atoms with Crippen molar-refractivity contribution in [2.24, 2.45) is 5.92 Å². The van der Waals surface area contributed by atoms with Gasteiger partial charge in [0.05, 0.1) is 0 Å². The van der Waals surface area contributed by atoms with E-state index in [1.807, 2.05) is 24.4 Å². The molecule has 162 valence electrons. The normalized spacial score (nSPS) is 21.0. The summed E-state index contributed by atoms with van der Waals surface area (Å²) in [5.74, 6) is 2.52. The number of nitrogens with zero attached hydrogens (tertiary/aromatic N) is 5. The van der Waals surface area contributed by atoms with Crippen molar-refractivity contribution in [1.82, 2.24) is 19.6 Å². The highest BCUT2D eigenvalue weighted by Gasteiger charge is 2.25. The summed E-state index contributed by atoms with van der Waals surface area (Å²) < 4.78 is 26.1. The van der Waals surface area contributed by atoms with Gasteiger partial charge in [-0.25, -0.2) is 23.1 Å². The molecule has 0 aliphatic carbocycles. The Balaban J connectivity index is 1.30. The summed E-state index contributed by atoms with van der Waals surface area (Å²) in [6.07, 6.45) is 5.66. The van der Waals surface area contributed by atoms with Crippen LogP contribution in [0.1, 0.15) is 12.8 Å². The van der Waals surface area contributed by atoms with Crippen LogP contribution in [0.2, 0.25) is 0 Å². The van der Waals surface area contributed by atoms with E-state index in [-0.39, 0.29) is 4.90 Å². The maximum absolute atomic E-state index is 11.9. The van der Waals surface area contributed by atoms with Gasteiger partial charge in [-0.2, -0.15) is 0 Å². The van der Waals surface area contributed by atoms with Crippen molar-refractivity contribution >= 4 is 21.7 Å². The monoisotopic (exact) mass is 430 g/mol. The van der Waals surface area contributed by atoms with Crippen molar-refractivity contribution in [3.63, 3.8) is 0 Å². The van der Waals surface area contributed by atoms with Gasteiger partial charge in [0.25, 0.3) is 0 Å². The molecular weight excluding hydrogens is 400 g/mol. The predicted octanol–water partition coefficient (Wildman–Crippen LogP) is 1.42. The molecule has 9 heteroatoms. The minimum Gasteiger partial charge on any atom is -0.356 e. The van der Waals surface area contributed by atoms with Crippen LogP contribution >= 0.6 is 0 Å². The van der Waals surface area contributed by atoms with E-state index in [0.717, 1.165) is 63.9 Å². The maximum Gasteiger partial charge on any atom is 0.241 e. The molecule has 0 saturated carbocycles. The van der Waals surface area contributed by atoms with E-state index in [1.54, 1.807) is 6.07 Å². The molecule has 0 aromatic carbocycles. The van der Waals surface area contributed by atoms with E-state index in [1.165, 1.54) is 19.7 Å². The zero-order valence-corrected chi connectivity index (χ0v) is 18.3. The third-order valence-corrected chi connectivity index (χ3v) is 7.40. The van der Waals surface area contributed by atoms with Crippen LogP contribution < -0.4 is 14.5 Å². The highest BCUT2D eigenvalue weighted by Crippen LogP contribution is 2.24. The minimum atomic E-state index is -3.45. The second-order valence-electron chi connectivity index (χ2n) is 7.99. The number of nitrogens with one attached hydrogen (secondary N) is 1. The van der Waals surface area contributed by atoms with Gasteiger partial charge in [-0.3, -0.25) is 4.90 Å². The number of hydrogen-bond acceptors (Lipinski definition) is 7. The van der Waals surface area contributed by atoms with E-state index in [2.05, 4.69) is 35.5 Å². The zero-order valence-electron chi connectivity index (χ0n) is 17.4. The van der Waals surface area contributed by atoms with Crippen LogP contribution in [-0.2, 0) is 10.0 Å². The highest BCUT2D eigenvalue weighted by molar-refractivity contribution is 7.89. The molecule has 0 radical (unpaired) electrons. The average Bonchev–Trinajstić information content (AvgIpc) is 2.80. The lowest BCUT2D eigenvalue weighted by Gasteiger charge is -2.40. The molecule has 1 atom stereocenters. The van der Waals surface area contributed by atoms with Gasteiger partial charge in [0.1, 0.15) is 16.5 Å². The molecule has 8 nitrogen and oxygen atoms in total. The summed E-state index contributed by atoms with van der Waals surface area (Å²) in [5, 5.41) is 0. The Kier molecular flexibility index (Phi) is 6.50. The molecule has 4 rings (SSSR count). The number of sulfonamides is 1. The molecule has 2 aromatic rings. The van der Waals surface area contributed by atoms with Crippen LogP contribution in [0.15, 0.2) is 47.6 Å². The fourth-order valence-electron chi connectivity index (χ4n) is 4.32. The third-order valence-electron chi connectivity index (χ3n) is 6.00. The Morgan fingerprint density at radius 1 is 1.00 bits per heavy atom. The first-order valence-electron chi connectivity index (χ1n) is 10.6. The first-order chi connectivity index (χ1) is 14.5. The molecule has 4 heterocycles. The zero-order chi connectivity index (χ0) is 21.0. The molecule has 2 fully saturated rings. The number of piperazine rings is 1. The van der Waals surface area contributed by atoms with E-state index in [9.17, 15) is 8.42 Å². The molecule has 0 bridgehead atoms. The van der Waals surface area contributed by atoms with Gasteiger partial charge < -0.3 is 9.80 Å². The number of anilines is 2. The van der Waals surface area contributed by atoms with E-state index < -0.39 is 10.0 Å². The van der Waals surface area contributed by atoms with Crippen LogP contribution in [0.3, 0.4) is 0 Å². The van der Waals surface area contributed by atoms with Crippen LogP contribution in [0, 0.1) is 5.92 Å². The summed E-state index contributed by atoms with van der Waals surface area (Å²) in [4.78, 5) is 16.3. The highest BCUT2D eigenvalue weighted by atomic mass is 32.2. The van der Waals surface area contributed by atoms with Gasteiger partial charge in [-0.15, -0.1) is 0 Å². The number of rotatable bonds is 6. The molecule has 0 spiro atoms. The number of aromatic nitrogens is 2. The van der Waals surface area contributed by atoms with E-state index >= 15 is 0 Å². The van der Waals surface area contributed by atoms with Crippen molar-refractivity contribution in [3.05, 3.63) is 42.7 Å². The van der Waals surface area contributed by atoms with Crippen LogP contribution in [0.5, 0.6) is 0 Å². The molecule has 2 aromatic heterocycles. The first kappa shape index (κ1) is 21.0. The lowest BCUT2D eigenvalue weighted by Crippen LogP contribution is -2.50. The molecular formula is C21H30N6O2S. The van der Waals surface area contributed by atoms with Crippen LogP contribution in [-0.4, -0.2) is 76.1 Å². The maximum atomic E-state index is 11.9. The number of pyridine rings is 2.